The molecule has 1 aliphatic heterocycles. The molecule has 1 unspecified atom stereocenters. The van der Waals surface area contributed by atoms with Crippen LogP contribution < -0.4 is 20.1 Å². The van der Waals surface area contributed by atoms with Crippen LogP contribution in [0.4, 0.5) is 0 Å². The van der Waals surface area contributed by atoms with Crippen molar-refractivity contribution in [3.05, 3.63) is 64.9 Å². The van der Waals surface area contributed by atoms with Gasteiger partial charge in [0.25, 0.3) is 11.8 Å². The zero-order chi connectivity index (χ0) is 23.3. The van der Waals surface area contributed by atoms with Gasteiger partial charge in [-0.3, -0.25) is 9.59 Å². The number of carbonyl (C=O) groups excluding carboxylic acids is 2. The lowest BCUT2D eigenvalue weighted by molar-refractivity contribution is -0.141. The molecule has 1 aliphatic rings. The van der Waals surface area contributed by atoms with Crippen molar-refractivity contribution >= 4 is 23.9 Å². The standard InChI is InChI=1S/C24H26N2O6/c1-14(2)10-19(24(29)30)26-23(28)18(25-22(27)17-7-4-15(3)5-8-17)11-16-6-9-20-21(12-16)32-13-31-20/h4-9,11-12,14,19H,10,13H2,1-3H3,(H,25,27)(H,26,28)(H,29,30)/b18-11-. The fraction of sp³-hybridized carbons (Fsp3) is 0.292. The molecule has 0 saturated carbocycles. The molecule has 8 heteroatoms. The van der Waals surface area contributed by atoms with Crippen LogP contribution >= 0.6 is 0 Å². The molecule has 2 amide bonds. The molecule has 0 bridgehead atoms. The second-order valence-electron chi connectivity index (χ2n) is 7.98. The molecule has 32 heavy (non-hydrogen) atoms. The first-order chi connectivity index (χ1) is 15.2. The van der Waals surface area contributed by atoms with Crippen LogP contribution in [0.1, 0.15) is 41.8 Å². The van der Waals surface area contributed by atoms with Crippen LogP contribution in [0.15, 0.2) is 48.2 Å². The molecule has 3 rings (SSSR count). The van der Waals surface area contributed by atoms with Gasteiger partial charge in [-0.2, -0.15) is 0 Å². The van der Waals surface area contributed by atoms with Crippen LogP contribution in [0.25, 0.3) is 6.08 Å². The highest BCUT2D eigenvalue weighted by Gasteiger charge is 2.24. The molecule has 0 saturated heterocycles. The molecule has 0 spiro atoms. The Hall–Kier alpha value is -3.81. The summed E-state index contributed by atoms with van der Waals surface area (Å²) in [6.07, 6.45) is 1.72. The van der Waals surface area contributed by atoms with E-state index in [1.54, 1.807) is 42.5 Å². The van der Waals surface area contributed by atoms with E-state index in [4.69, 9.17) is 9.47 Å². The predicted octanol–water partition coefficient (Wildman–Crippen LogP) is 3.11. The van der Waals surface area contributed by atoms with Crippen LogP contribution in [0.5, 0.6) is 11.5 Å². The molecular formula is C24H26N2O6. The first kappa shape index (κ1) is 22.9. The highest BCUT2D eigenvalue weighted by Crippen LogP contribution is 2.33. The average molecular weight is 438 g/mol. The first-order valence-electron chi connectivity index (χ1n) is 10.3. The maximum absolute atomic E-state index is 13.0. The number of aliphatic carboxylic acids is 1. The van der Waals surface area contributed by atoms with Crippen LogP contribution in [0.2, 0.25) is 0 Å². The van der Waals surface area contributed by atoms with Crippen molar-refractivity contribution in [3.8, 4) is 11.5 Å². The minimum atomic E-state index is -1.14. The van der Waals surface area contributed by atoms with Crippen LogP contribution in [-0.2, 0) is 9.59 Å². The Morgan fingerprint density at radius 3 is 2.41 bits per heavy atom. The van der Waals surface area contributed by atoms with Crippen molar-refractivity contribution in [1.82, 2.24) is 10.6 Å². The third-order valence-corrected chi connectivity index (χ3v) is 4.82. The van der Waals surface area contributed by atoms with E-state index in [0.29, 0.717) is 22.6 Å². The lowest BCUT2D eigenvalue weighted by Gasteiger charge is -2.18. The van der Waals surface area contributed by atoms with E-state index in [0.717, 1.165) is 5.56 Å². The molecule has 1 atom stereocenters. The molecule has 8 nitrogen and oxygen atoms in total. The first-order valence-corrected chi connectivity index (χ1v) is 10.3. The van der Waals surface area contributed by atoms with E-state index in [1.807, 2.05) is 20.8 Å². The number of carboxylic acid groups (broad SMARTS) is 1. The Balaban J connectivity index is 1.89. The molecule has 2 aromatic carbocycles. The predicted molar refractivity (Wildman–Crippen MR) is 118 cm³/mol. The fourth-order valence-corrected chi connectivity index (χ4v) is 3.16. The van der Waals surface area contributed by atoms with Gasteiger partial charge in [-0.05, 0) is 55.2 Å². The summed E-state index contributed by atoms with van der Waals surface area (Å²) in [5.41, 5.74) is 1.87. The topological polar surface area (TPSA) is 114 Å². The van der Waals surface area contributed by atoms with Gasteiger partial charge in [0, 0.05) is 5.56 Å². The monoisotopic (exact) mass is 438 g/mol. The number of carboxylic acids is 1. The maximum atomic E-state index is 13.0. The van der Waals surface area contributed by atoms with Crippen LogP contribution in [-0.4, -0.2) is 35.7 Å². The molecule has 0 radical (unpaired) electrons. The van der Waals surface area contributed by atoms with Gasteiger partial charge in [-0.1, -0.05) is 37.6 Å². The maximum Gasteiger partial charge on any atom is 0.326 e. The number of benzene rings is 2. The molecule has 0 aromatic heterocycles. The highest BCUT2D eigenvalue weighted by molar-refractivity contribution is 6.06. The van der Waals surface area contributed by atoms with E-state index in [1.165, 1.54) is 6.08 Å². The number of ether oxygens (including phenoxy) is 2. The number of hydrogen-bond donors (Lipinski definition) is 3. The Kier molecular flexibility index (Phi) is 7.14. The average Bonchev–Trinajstić information content (AvgIpc) is 3.20. The lowest BCUT2D eigenvalue weighted by Crippen LogP contribution is -2.45. The van der Waals surface area contributed by atoms with Gasteiger partial charge in [-0.25, -0.2) is 4.79 Å². The van der Waals surface area contributed by atoms with Gasteiger partial charge in [0.2, 0.25) is 6.79 Å². The van der Waals surface area contributed by atoms with Crippen LogP contribution in [0, 0.1) is 12.8 Å². The second-order valence-corrected chi connectivity index (χ2v) is 7.98. The Labute approximate surface area is 186 Å². The summed E-state index contributed by atoms with van der Waals surface area (Å²) in [6.45, 7) is 5.74. The van der Waals surface area contributed by atoms with E-state index < -0.39 is 23.8 Å². The highest BCUT2D eigenvalue weighted by atomic mass is 16.7. The van der Waals surface area contributed by atoms with Gasteiger partial charge in [0.1, 0.15) is 11.7 Å². The SMILES string of the molecule is Cc1ccc(C(=O)N/C(=C\c2ccc3c(c2)OCO3)C(=O)NC(CC(C)C)C(=O)O)cc1. The zero-order valence-electron chi connectivity index (χ0n) is 18.2. The molecular weight excluding hydrogens is 412 g/mol. The van der Waals surface area contributed by atoms with Crippen molar-refractivity contribution in [2.75, 3.05) is 6.79 Å². The van der Waals surface area contributed by atoms with E-state index in [2.05, 4.69) is 10.6 Å². The number of amides is 2. The van der Waals surface area contributed by atoms with Gasteiger partial charge in [0.05, 0.1) is 0 Å². The summed E-state index contributed by atoms with van der Waals surface area (Å²) >= 11 is 0. The summed E-state index contributed by atoms with van der Waals surface area (Å²) in [4.78, 5) is 37.3. The Morgan fingerprint density at radius 2 is 1.75 bits per heavy atom. The minimum absolute atomic E-state index is 0.0554. The largest absolute Gasteiger partial charge is 0.480 e. The number of fused-ring (bicyclic) bond motifs is 1. The van der Waals surface area contributed by atoms with Gasteiger partial charge in [-0.15, -0.1) is 0 Å². The third kappa shape index (κ3) is 5.87. The Morgan fingerprint density at radius 1 is 1.06 bits per heavy atom. The number of carbonyl (C=O) groups is 3. The third-order valence-electron chi connectivity index (χ3n) is 4.82. The number of nitrogens with one attached hydrogen (secondary N) is 2. The zero-order valence-corrected chi connectivity index (χ0v) is 18.2. The minimum Gasteiger partial charge on any atom is -0.480 e. The van der Waals surface area contributed by atoms with Gasteiger partial charge >= 0.3 is 5.97 Å². The van der Waals surface area contributed by atoms with Crippen molar-refractivity contribution in [3.63, 3.8) is 0 Å². The summed E-state index contributed by atoms with van der Waals surface area (Å²) in [6, 6.07) is 10.9. The molecule has 1 heterocycles. The van der Waals surface area contributed by atoms with E-state index >= 15 is 0 Å². The number of hydrogen-bond acceptors (Lipinski definition) is 5. The Bertz CT molecular complexity index is 1040. The van der Waals surface area contributed by atoms with Crippen molar-refractivity contribution in [2.45, 2.75) is 33.2 Å². The molecule has 168 valence electrons. The molecule has 0 aliphatic carbocycles. The van der Waals surface area contributed by atoms with Crippen LogP contribution in [0.3, 0.4) is 0 Å². The normalized spacial score (nSPS) is 13.6. The number of aryl methyl sites for hydroxylation is 1. The van der Waals surface area contributed by atoms with Gasteiger partial charge in [0.15, 0.2) is 11.5 Å². The van der Waals surface area contributed by atoms with E-state index in [9.17, 15) is 19.5 Å². The molecule has 0 fully saturated rings. The number of rotatable bonds is 8. The summed E-state index contributed by atoms with van der Waals surface area (Å²) in [5.74, 6) is -1.16. The van der Waals surface area contributed by atoms with E-state index in [-0.39, 0.29) is 24.8 Å². The summed E-state index contributed by atoms with van der Waals surface area (Å²) in [5, 5.41) is 14.6. The second kappa shape index (κ2) is 10.00. The van der Waals surface area contributed by atoms with Crippen molar-refractivity contribution < 1.29 is 29.0 Å². The van der Waals surface area contributed by atoms with Crippen molar-refractivity contribution in [2.24, 2.45) is 5.92 Å². The molecule has 2 aromatic rings. The van der Waals surface area contributed by atoms with Crippen molar-refractivity contribution in [1.29, 1.82) is 0 Å². The summed E-state index contributed by atoms with van der Waals surface area (Å²) < 4.78 is 10.7. The quantitative estimate of drug-likeness (QED) is 0.546. The lowest BCUT2D eigenvalue weighted by atomic mass is 10.0. The van der Waals surface area contributed by atoms with Gasteiger partial charge < -0.3 is 25.2 Å². The fourth-order valence-electron chi connectivity index (χ4n) is 3.16. The smallest absolute Gasteiger partial charge is 0.326 e. The molecule has 3 N–H and O–H groups in total. The summed E-state index contributed by atoms with van der Waals surface area (Å²) in [7, 11) is 0.